The SMILES string of the molecule is Cc1cn([C@H]2C[C@@H](N=[N+]=[N-])[C@@H](COC(=O)CBr)O2)c(=O)[nH]c1=O. The molecule has 0 radical (unpaired) electrons. The number of hydrogen-bond acceptors (Lipinski definition) is 6. The number of halogens is 1. The fraction of sp³-hybridized carbons (Fsp3) is 0.583. The zero-order valence-electron chi connectivity index (χ0n) is 12.1. The summed E-state index contributed by atoms with van der Waals surface area (Å²) < 4.78 is 11.9. The van der Waals surface area contributed by atoms with Crippen molar-refractivity contribution in [2.45, 2.75) is 31.7 Å². The summed E-state index contributed by atoms with van der Waals surface area (Å²) in [6.45, 7) is 1.46. The van der Waals surface area contributed by atoms with Crippen LogP contribution in [0.25, 0.3) is 10.4 Å². The van der Waals surface area contributed by atoms with E-state index in [9.17, 15) is 14.4 Å². The summed E-state index contributed by atoms with van der Waals surface area (Å²) in [5, 5.41) is 3.66. The number of carbonyl (C=O) groups excluding carboxylic acids is 1. The van der Waals surface area contributed by atoms with E-state index >= 15 is 0 Å². The molecule has 23 heavy (non-hydrogen) atoms. The molecule has 1 aliphatic rings. The largest absolute Gasteiger partial charge is 0.462 e. The average Bonchev–Trinajstić information content (AvgIpc) is 2.91. The second kappa shape index (κ2) is 7.44. The highest BCUT2D eigenvalue weighted by molar-refractivity contribution is 9.09. The molecule has 1 aromatic heterocycles. The molecule has 0 aromatic carbocycles. The molecule has 1 N–H and O–H groups in total. The lowest BCUT2D eigenvalue weighted by Crippen LogP contribution is -2.33. The van der Waals surface area contributed by atoms with Crippen LogP contribution in [-0.2, 0) is 14.3 Å². The van der Waals surface area contributed by atoms with E-state index in [4.69, 9.17) is 15.0 Å². The number of alkyl halides is 1. The summed E-state index contributed by atoms with van der Waals surface area (Å²) in [7, 11) is 0. The van der Waals surface area contributed by atoms with Crippen LogP contribution in [0.4, 0.5) is 0 Å². The quantitative estimate of drug-likeness (QED) is 0.261. The zero-order valence-corrected chi connectivity index (χ0v) is 13.7. The van der Waals surface area contributed by atoms with Gasteiger partial charge in [-0.15, -0.1) is 0 Å². The third kappa shape index (κ3) is 4.01. The molecule has 0 spiro atoms. The van der Waals surface area contributed by atoms with E-state index in [-0.39, 0.29) is 18.4 Å². The van der Waals surface area contributed by atoms with Gasteiger partial charge >= 0.3 is 11.7 Å². The molecular formula is C12H14BrN5O5. The number of azide groups is 1. The van der Waals surface area contributed by atoms with Crippen LogP contribution in [0, 0.1) is 6.92 Å². The van der Waals surface area contributed by atoms with E-state index in [1.807, 2.05) is 0 Å². The highest BCUT2D eigenvalue weighted by atomic mass is 79.9. The molecule has 11 heteroatoms. The van der Waals surface area contributed by atoms with Crippen LogP contribution < -0.4 is 11.2 Å². The zero-order chi connectivity index (χ0) is 17.0. The van der Waals surface area contributed by atoms with Gasteiger partial charge in [0.1, 0.15) is 24.3 Å². The topological polar surface area (TPSA) is 139 Å². The summed E-state index contributed by atoms with van der Waals surface area (Å²) in [6, 6.07) is -0.591. The average molecular weight is 388 g/mol. The molecule has 1 aromatic rings. The fourth-order valence-corrected chi connectivity index (χ4v) is 2.40. The number of nitrogens with zero attached hydrogens (tertiary/aromatic N) is 4. The van der Waals surface area contributed by atoms with Crippen molar-refractivity contribution in [1.29, 1.82) is 0 Å². The van der Waals surface area contributed by atoms with E-state index in [0.29, 0.717) is 5.56 Å². The molecule has 0 bridgehead atoms. The number of aromatic amines is 1. The first-order valence-corrected chi connectivity index (χ1v) is 7.81. The third-order valence-electron chi connectivity index (χ3n) is 3.38. The monoisotopic (exact) mass is 387 g/mol. The summed E-state index contributed by atoms with van der Waals surface area (Å²) >= 11 is 2.97. The molecule has 1 saturated heterocycles. The Kier molecular flexibility index (Phi) is 5.59. The maximum Gasteiger partial charge on any atom is 0.330 e. The smallest absolute Gasteiger partial charge is 0.330 e. The first kappa shape index (κ1) is 17.3. The van der Waals surface area contributed by atoms with Crippen LogP contribution in [-0.4, -0.2) is 39.6 Å². The predicted octanol–water partition coefficient (Wildman–Crippen LogP) is 0.750. The molecule has 0 amide bonds. The maximum atomic E-state index is 11.9. The van der Waals surface area contributed by atoms with E-state index in [1.165, 1.54) is 10.8 Å². The summed E-state index contributed by atoms with van der Waals surface area (Å²) in [4.78, 5) is 39.4. The number of aryl methyl sites for hydroxylation is 1. The Morgan fingerprint density at radius 3 is 3.04 bits per heavy atom. The van der Waals surface area contributed by atoms with Crippen LogP contribution in [0.3, 0.4) is 0 Å². The Labute approximate surface area is 138 Å². The lowest BCUT2D eigenvalue weighted by Gasteiger charge is -2.16. The first-order chi connectivity index (χ1) is 11.0. The van der Waals surface area contributed by atoms with Crippen LogP contribution in [0.5, 0.6) is 0 Å². The molecule has 3 atom stereocenters. The molecule has 2 heterocycles. The number of esters is 1. The predicted molar refractivity (Wildman–Crippen MR) is 82.3 cm³/mol. The van der Waals surface area contributed by atoms with Crippen molar-refractivity contribution in [1.82, 2.24) is 9.55 Å². The standard InChI is InChI=1S/C12H14BrN5O5/c1-6-4-18(12(21)15-11(6)20)9-2-7(16-17-14)8(23-9)5-22-10(19)3-13/h4,7-9H,2-3,5H2,1H3,(H,15,20,21)/t7-,8-,9-/m1/s1. The number of nitrogens with one attached hydrogen (secondary N) is 1. The Morgan fingerprint density at radius 2 is 2.39 bits per heavy atom. The highest BCUT2D eigenvalue weighted by Crippen LogP contribution is 2.30. The summed E-state index contributed by atoms with van der Waals surface area (Å²) in [5.41, 5.74) is 7.89. The van der Waals surface area contributed by atoms with Crippen LogP contribution in [0.1, 0.15) is 18.2 Å². The van der Waals surface area contributed by atoms with E-state index < -0.39 is 35.6 Å². The van der Waals surface area contributed by atoms with E-state index in [2.05, 4.69) is 30.9 Å². The van der Waals surface area contributed by atoms with Crippen LogP contribution in [0.2, 0.25) is 0 Å². The second-order valence-corrected chi connectivity index (χ2v) is 5.49. The molecule has 0 aliphatic carbocycles. The molecule has 0 saturated carbocycles. The molecule has 1 aliphatic heterocycles. The molecule has 0 unspecified atom stereocenters. The number of ether oxygens (including phenoxy) is 2. The van der Waals surface area contributed by atoms with Gasteiger partial charge in [0.15, 0.2) is 0 Å². The summed E-state index contributed by atoms with van der Waals surface area (Å²) in [5.74, 6) is -0.478. The Balaban J connectivity index is 2.21. The van der Waals surface area contributed by atoms with Crippen molar-refractivity contribution >= 4 is 21.9 Å². The van der Waals surface area contributed by atoms with Gasteiger partial charge in [-0.05, 0) is 12.5 Å². The maximum absolute atomic E-state index is 11.9. The minimum atomic E-state index is -0.721. The van der Waals surface area contributed by atoms with Crippen LogP contribution >= 0.6 is 15.9 Å². The number of rotatable bonds is 5. The first-order valence-electron chi connectivity index (χ1n) is 6.69. The number of hydrogen-bond donors (Lipinski definition) is 1. The Bertz CT molecular complexity index is 753. The summed E-state index contributed by atoms with van der Waals surface area (Å²) in [6.07, 6.45) is 0.219. The van der Waals surface area contributed by atoms with Crippen molar-refractivity contribution in [3.8, 4) is 0 Å². The molecular weight excluding hydrogens is 374 g/mol. The van der Waals surface area contributed by atoms with Crippen molar-refractivity contribution in [3.05, 3.63) is 43.0 Å². The lowest BCUT2D eigenvalue weighted by atomic mass is 10.1. The fourth-order valence-electron chi connectivity index (χ4n) is 2.24. The van der Waals surface area contributed by atoms with Crippen molar-refractivity contribution in [2.75, 3.05) is 11.9 Å². The number of H-pyrrole nitrogens is 1. The number of carbonyl (C=O) groups is 1. The minimum absolute atomic E-state index is 0.0356. The van der Waals surface area contributed by atoms with Crippen molar-refractivity contribution in [2.24, 2.45) is 5.11 Å². The van der Waals surface area contributed by atoms with Gasteiger partial charge < -0.3 is 9.47 Å². The van der Waals surface area contributed by atoms with Gasteiger partial charge in [-0.1, -0.05) is 21.0 Å². The highest BCUT2D eigenvalue weighted by Gasteiger charge is 2.37. The van der Waals surface area contributed by atoms with Gasteiger partial charge in [-0.2, -0.15) is 0 Å². The second-order valence-electron chi connectivity index (χ2n) is 4.93. The minimum Gasteiger partial charge on any atom is -0.462 e. The van der Waals surface area contributed by atoms with E-state index in [1.54, 1.807) is 6.92 Å². The molecule has 124 valence electrons. The lowest BCUT2D eigenvalue weighted by molar-refractivity contribution is -0.145. The third-order valence-corrected chi connectivity index (χ3v) is 3.84. The Morgan fingerprint density at radius 1 is 1.65 bits per heavy atom. The van der Waals surface area contributed by atoms with Gasteiger partial charge in [-0.25, -0.2) is 4.79 Å². The van der Waals surface area contributed by atoms with Gasteiger partial charge in [0.2, 0.25) is 0 Å². The van der Waals surface area contributed by atoms with Crippen molar-refractivity contribution < 1.29 is 14.3 Å². The Hall–Kier alpha value is -2.10. The van der Waals surface area contributed by atoms with E-state index in [0.717, 1.165) is 0 Å². The molecule has 2 rings (SSSR count). The molecule has 1 fully saturated rings. The number of aromatic nitrogens is 2. The molecule has 10 nitrogen and oxygen atoms in total. The van der Waals surface area contributed by atoms with Gasteiger partial charge in [0.25, 0.3) is 5.56 Å². The van der Waals surface area contributed by atoms with Crippen LogP contribution in [0.15, 0.2) is 20.9 Å². The van der Waals surface area contributed by atoms with Crippen molar-refractivity contribution in [3.63, 3.8) is 0 Å². The normalized spacial score (nSPS) is 23.3. The van der Waals surface area contributed by atoms with Gasteiger partial charge in [-0.3, -0.25) is 19.1 Å². The van der Waals surface area contributed by atoms with Gasteiger partial charge in [0, 0.05) is 23.1 Å². The van der Waals surface area contributed by atoms with Gasteiger partial charge in [0.05, 0.1) is 6.04 Å².